The Balaban J connectivity index is 1.67. The van der Waals surface area contributed by atoms with Crippen LogP contribution in [-0.4, -0.2) is 14.7 Å². The number of hydrogen-bond donors (Lipinski definition) is 0. The molecule has 3 aromatic rings. The standard InChI is InChI=1S/C21H19FO2S/c1-25(23,24)19-14-10-17(11-15-19)7-6-16-8-12-18(13-9-16)20-4-2-3-5-21(20)22/h2-5,8-15H,6-7H2,1H3. The third-order valence-electron chi connectivity index (χ3n) is 4.19. The van der Waals surface area contributed by atoms with Crippen LogP contribution in [0.4, 0.5) is 4.39 Å². The predicted molar refractivity (Wildman–Crippen MR) is 98.8 cm³/mol. The van der Waals surface area contributed by atoms with Crippen LogP contribution in [0.25, 0.3) is 11.1 Å². The molecule has 0 aromatic heterocycles. The Bertz CT molecular complexity index is 960. The molecule has 0 aliphatic rings. The first kappa shape index (κ1) is 17.4. The molecule has 0 aliphatic heterocycles. The van der Waals surface area contributed by atoms with E-state index in [-0.39, 0.29) is 5.82 Å². The minimum atomic E-state index is -3.15. The average molecular weight is 354 g/mol. The molecule has 0 saturated heterocycles. The quantitative estimate of drug-likeness (QED) is 0.667. The van der Waals surface area contributed by atoms with Crippen LogP contribution in [0.5, 0.6) is 0 Å². The van der Waals surface area contributed by atoms with Crippen molar-refractivity contribution in [3.8, 4) is 11.1 Å². The molecule has 2 nitrogen and oxygen atoms in total. The van der Waals surface area contributed by atoms with Gasteiger partial charge in [-0.3, -0.25) is 0 Å². The summed E-state index contributed by atoms with van der Waals surface area (Å²) in [6, 6.07) is 21.6. The molecule has 0 amide bonds. The van der Waals surface area contributed by atoms with Crippen molar-refractivity contribution < 1.29 is 12.8 Å². The maximum atomic E-state index is 13.8. The van der Waals surface area contributed by atoms with Crippen molar-refractivity contribution in [2.24, 2.45) is 0 Å². The fourth-order valence-corrected chi connectivity index (χ4v) is 3.37. The Morgan fingerprint density at radius 1 is 0.760 bits per heavy atom. The summed E-state index contributed by atoms with van der Waals surface area (Å²) in [6.45, 7) is 0. The molecule has 0 fully saturated rings. The molecule has 25 heavy (non-hydrogen) atoms. The van der Waals surface area contributed by atoms with E-state index >= 15 is 0 Å². The highest BCUT2D eigenvalue weighted by Gasteiger charge is 2.07. The van der Waals surface area contributed by atoms with Crippen LogP contribution < -0.4 is 0 Å². The van der Waals surface area contributed by atoms with Gasteiger partial charge in [-0.1, -0.05) is 54.6 Å². The van der Waals surface area contributed by atoms with E-state index in [1.54, 1.807) is 24.3 Å². The van der Waals surface area contributed by atoms with Gasteiger partial charge in [0.25, 0.3) is 0 Å². The topological polar surface area (TPSA) is 34.1 Å². The van der Waals surface area contributed by atoms with Crippen molar-refractivity contribution in [1.29, 1.82) is 0 Å². The highest BCUT2D eigenvalue weighted by molar-refractivity contribution is 7.90. The first-order valence-electron chi connectivity index (χ1n) is 8.06. The smallest absolute Gasteiger partial charge is 0.175 e. The number of rotatable bonds is 5. The van der Waals surface area contributed by atoms with E-state index in [0.29, 0.717) is 10.5 Å². The van der Waals surface area contributed by atoms with Crippen molar-refractivity contribution in [1.82, 2.24) is 0 Å². The van der Waals surface area contributed by atoms with Crippen LogP contribution in [0, 0.1) is 5.82 Å². The first-order chi connectivity index (χ1) is 11.9. The van der Waals surface area contributed by atoms with Crippen LogP contribution in [0.2, 0.25) is 0 Å². The molecule has 0 radical (unpaired) electrons. The van der Waals surface area contributed by atoms with Gasteiger partial charge in [-0.2, -0.15) is 0 Å². The maximum Gasteiger partial charge on any atom is 0.175 e. The summed E-state index contributed by atoms with van der Waals surface area (Å²) in [5.74, 6) is -0.221. The third-order valence-corrected chi connectivity index (χ3v) is 5.32. The molecule has 0 saturated carbocycles. The van der Waals surface area contributed by atoms with E-state index in [2.05, 4.69) is 0 Å². The van der Waals surface area contributed by atoms with Gasteiger partial charge < -0.3 is 0 Å². The second-order valence-corrected chi connectivity index (χ2v) is 8.11. The molecule has 0 heterocycles. The van der Waals surface area contributed by atoms with Gasteiger partial charge in [-0.15, -0.1) is 0 Å². The molecule has 0 aliphatic carbocycles. The lowest BCUT2D eigenvalue weighted by Crippen LogP contribution is -1.97. The van der Waals surface area contributed by atoms with E-state index in [4.69, 9.17) is 0 Å². The Morgan fingerprint density at radius 3 is 1.80 bits per heavy atom. The molecular formula is C21H19FO2S. The molecule has 3 rings (SSSR count). The zero-order chi connectivity index (χ0) is 17.9. The molecule has 0 N–H and O–H groups in total. The van der Waals surface area contributed by atoms with Crippen molar-refractivity contribution in [3.05, 3.63) is 89.7 Å². The van der Waals surface area contributed by atoms with Crippen molar-refractivity contribution in [2.75, 3.05) is 6.26 Å². The lowest BCUT2D eigenvalue weighted by atomic mass is 10.00. The summed E-state index contributed by atoms with van der Waals surface area (Å²) in [4.78, 5) is 0.338. The van der Waals surface area contributed by atoms with Gasteiger partial charge in [0.15, 0.2) is 9.84 Å². The Hall–Kier alpha value is -2.46. The van der Waals surface area contributed by atoms with Gasteiger partial charge in [0, 0.05) is 11.8 Å². The molecule has 3 aromatic carbocycles. The van der Waals surface area contributed by atoms with Gasteiger partial charge >= 0.3 is 0 Å². The maximum absolute atomic E-state index is 13.8. The summed E-state index contributed by atoms with van der Waals surface area (Å²) in [5, 5.41) is 0. The number of aryl methyl sites for hydroxylation is 2. The van der Waals surface area contributed by atoms with Gasteiger partial charge in [-0.25, -0.2) is 12.8 Å². The largest absolute Gasteiger partial charge is 0.224 e. The van der Waals surface area contributed by atoms with E-state index in [1.165, 1.54) is 12.3 Å². The Kier molecular flexibility index (Phi) is 5.00. The zero-order valence-corrected chi connectivity index (χ0v) is 14.8. The molecule has 0 bridgehead atoms. The average Bonchev–Trinajstić information content (AvgIpc) is 2.61. The Morgan fingerprint density at radius 2 is 1.28 bits per heavy atom. The van der Waals surface area contributed by atoms with E-state index in [9.17, 15) is 12.8 Å². The van der Waals surface area contributed by atoms with Gasteiger partial charge in [0.1, 0.15) is 5.82 Å². The lowest BCUT2D eigenvalue weighted by molar-refractivity contribution is 0.602. The monoisotopic (exact) mass is 354 g/mol. The SMILES string of the molecule is CS(=O)(=O)c1ccc(CCc2ccc(-c3ccccc3F)cc2)cc1. The second kappa shape index (κ2) is 7.19. The minimum absolute atomic E-state index is 0.221. The predicted octanol–water partition coefficient (Wildman–Crippen LogP) is 4.68. The van der Waals surface area contributed by atoms with Gasteiger partial charge in [-0.05, 0) is 47.7 Å². The van der Waals surface area contributed by atoms with E-state index < -0.39 is 9.84 Å². The molecule has 0 atom stereocenters. The van der Waals surface area contributed by atoms with Crippen molar-refractivity contribution in [3.63, 3.8) is 0 Å². The zero-order valence-electron chi connectivity index (χ0n) is 13.9. The summed E-state index contributed by atoms with van der Waals surface area (Å²) in [5.41, 5.74) is 3.71. The molecular weight excluding hydrogens is 335 g/mol. The molecule has 0 spiro atoms. The lowest BCUT2D eigenvalue weighted by Gasteiger charge is -2.06. The van der Waals surface area contributed by atoms with Crippen LogP contribution in [0.15, 0.2) is 77.7 Å². The van der Waals surface area contributed by atoms with Crippen LogP contribution in [-0.2, 0) is 22.7 Å². The normalized spacial score (nSPS) is 11.4. The second-order valence-electron chi connectivity index (χ2n) is 6.09. The number of sulfone groups is 1. The highest BCUT2D eigenvalue weighted by Crippen LogP contribution is 2.23. The number of hydrogen-bond acceptors (Lipinski definition) is 2. The van der Waals surface area contributed by atoms with Gasteiger partial charge in [0.2, 0.25) is 0 Å². The third kappa shape index (κ3) is 4.34. The van der Waals surface area contributed by atoms with Crippen LogP contribution in [0.1, 0.15) is 11.1 Å². The van der Waals surface area contributed by atoms with Crippen molar-refractivity contribution in [2.45, 2.75) is 17.7 Å². The molecule has 0 unspecified atom stereocenters. The number of benzene rings is 3. The first-order valence-corrected chi connectivity index (χ1v) is 9.95. The number of halogens is 1. The van der Waals surface area contributed by atoms with E-state index in [0.717, 1.165) is 29.5 Å². The fourth-order valence-electron chi connectivity index (χ4n) is 2.74. The molecule has 4 heteroatoms. The summed E-state index contributed by atoms with van der Waals surface area (Å²) >= 11 is 0. The minimum Gasteiger partial charge on any atom is -0.224 e. The Labute approximate surface area is 147 Å². The molecule has 128 valence electrons. The van der Waals surface area contributed by atoms with E-state index in [1.807, 2.05) is 42.5 Å². The highest BCUT2D eigenvalue weighted by atomic mass is 32.2. The summed E-state index contributed by atoms with van der Waals surface area (Å²) in [6.07, 6.45) is 2.87. The van der Waals surface area contributed by atoms with Gasteiger partial charge in [0.05, 0.1) is 4.90 Å². The van der Waals surface area contributed by atoms with Crippen LogP contribution in [0.3, 0.4) is 0 Å². The fraction of sp³-hybridized carbons (Fsp3) is 0.143. The van der Waals surface area contributed by atoms with Crippen LogP contribution >= 0.6 is 0 Å². The van der Waals surface area contributed by atoms with Crippen molar-refractivity contribution >= 4 is 9.84 Å². The summed E-state index contributed by atoms with van der Waals surface area (Å²) in [7, 11) is -3.15. The summed E-state index contributed by atoms with van der Waals surface area (Å²) < 4.78 is 36.8.